The maximum absolute atomic E-state index is 6.33. The molecule has 0 radical (unpaired) electrons. The van der Waals surface area contributed by atoms with Crippen LogP contribution < -0.4 is 10.2 Å². The third kappa shape index (κ3) is 4.28. The minimum atomic E-state index is -0.358. The third-order valence-electron chi connectivity index (χ3n) is 3.72. The van der Waals surface area contributed by atoms with Crippen molar-refractivity contribution in [1.82, 2.24) is 0 Å². The number of benzene rings is 2. The Kier molecular flexibility index (Phi) is 4.95. The highest BCUT2D eigenvalue weighted by Gasteiger charge is 2.33. The van der Waals surface area contributed by atoms with Gasteiger partial charge in [0.2, 0.25) is 0 Å². The second-order valence-corrected chi connectivity index (χ2v) is 6.99. The molecular formula is C18H20BClO3. The van der Waals surface area contributed by atoms with E-state index >= 15 is 0 Å². The Bertz CT molecular complexity index is 651. The van der Waals surface area contributed by atoms with Gasteiger partial charge in [-0.15, -0.1) is 0 Å². The first-order chi connectivity index (χ1) is 11.0. The zero-order valence-corrected chi connectivity index (χ0v) is 14.2. The van der Waals surface area contributed by atoms with Crippen LogP contribution in [-0.2, 0) is 15.9 Å². The lowest BCUT2D eigenvalue weighted by Gasteiger charge is -2.33. The van der Waals surface area contributed by atoms with Crippen molar-refractivity contribution >= 4 is 24.2 Å². The van der Waals surface area contributed by atoms with Gasteiger partial charge in [-0.3, -0.25) is 0 Å². The van der Waals surface area contributed by atoms with Gasteiger partial charge in [-0.2, -0.15) is 0 Å². The topological polar surface area (TPSA) is 27.7 Å². The monoisotopic (exact) mass is 330 g/mol. The zero-order chi connectivity index (χ0) is 16.3. The van der Waals surface area contributed by atoms with Gasteiger partial charge < -0.3 is 14.0 Å². The minimum Gasteiger partial charge on any atom is -0.487 e. The average Bonchev–Trinajstić information content (AvgIpc) is 2.55. The molecule has 5 heteroatoms. The van der Waals surface area contributed by atoms with Gasteiger partial charge in [-0.25, -0.2) is 0 Å². The molecule has 1 saturated heterocycles. The first-order valence-corrected chi connectivity index (χ1v) is 8.11. The van der Waals surface area contributed by atoms with Crippen molar-refractivity contribution in [2.75, 3.05) is 13.2 Å². The van der Waals surface area contributed by atoms with Crippen LogP contribution in [0.2, 0.25) is 5.02 Å². The molecule has 0 unspecified atom stereocenters. The molecule has 3 nitrogen and oxygen atoms in total. The Hall–Kier alpha value is -1.49. The summed E-state index contributed by atoms with van der Waals surface area (Å²) in [5.41, 5.74) is 2.07. The molecule has 1 fully saturated rings. The first-order valence-electron chi connectivity index (χ1n) is 7.73. The van der Waals surface area contributed by atoms with E-state index in [4.69, 9.17) is 25.6 Å². The molecule has 0 aromatic heterocycles. The lowest BCUT2D eigenvalue weighted by atomic mass is 9.76. The van der Waals surface area contributed by atoms with E-state index < -0.39 is 0 Å². The Morgan fingerprint density at radius 3 is 2.43 bits per heavy atom. The summed E-state index contributed by atoms with van der Waals surface area (Å²) in [6.45, 7) is 6.07. The molecule has 0 N–H and O–H groups in total. The molecule has 0 bridgehead atoms. The van der Waals surface area contributed by atoms with Crippen molar-refractivity contribution < 1.29 is 14.0 Å². The van der Waals surface area contributed by atoms with E-state index in [0.717, 1.165) is 11.0 Å². The van der Waals surface area contributed by atoms with Crippen LogP contribution in [0.15, 0.2) is 48.5 Å². The highest BCUT2D eigenvalue weighted by Crippen LogP contribution is 2.26. The second-order valence-electron chi connectivity index (χ2n) is 6.58. The third-order valence-corrected chi connectivity index (χ3v) is 4.01. The molecule has 0 aliphatic carbocycles. The van der Waals surface area contributed by atoms with Gasteiger partial charge in [0.05, 0.1) is 5.02 Å². The molecule has 1 heterocycles. The molecule has 120 valence electrons. The largest absolute Gasteiger partial charge is 0.493 e. The van der Waals surface area contributed by atoms with Crippen LogP contribution in [0.1, 0.15) is 19.4 Å². The molecule has 0 saturated carbocycles. The molecule has 0 atom stereocenters. The van der Waals surface area contributed by atoms with E-state index in [1.165, 1.54) is 0 Å². The quantitative estimate of drug-likeness (QED) is 0.800. The Balaban J connectivity index is 1.64. The SMILES string of the molecule is CC1(C)COB(c2ccc(OCc3ccccc3)c(Cl)c2)OC1. The van der Waals surface area contributed by atoms with Crippen LogP contribution in [0, 0.1) is 5.41 Å². The molecular weight excluding hydrogens is 310 g/mol. The van der Waals surface area contributed by atoms with Crippen LogP contribution >= 0.6 is 11.6 Å². The highest BCUT2D eigenvalue weighted by molar-refractivity contribution is 6.61. The van der Waals surface area contributed by atoms with Gasteiger partial charge in [0.15, 0.2) is 0 Å². The molecule has 3 rings (SSSR count). The van der Waals surface area contributed by atoms with E-state index in [1.54, 1.807) is 0 Å². The van der Waals surface area contributed by atoms with Crippen LogP contribution in [0.4, 0.5) is 0 Å². The van der Waals surface area contributed by atoms with E-state index in [-0.39, 0.29) is 12.5 Å². The number of hydrogen-bond donors (Lipinski definition) is 0. The lowest BCUT2D eigenvalue weighted by Crippen LogP contribution is -2.47. The van der Waals surface area contributed by atoms with E-state index in [1.807, 2.05) is 48.5 Å². The summed E-state index contributed by atoms with van der Waals surface area (Å²) in [6, 6.07) is 15.7. The number of rotatable bonds is 4. The fourth-order valence-electron chi connectivity index (χ4n) is 2.40. The maximum atomic E-state index is 6.33. The van der Waals surface area contributed by atoms with Gasteiger partial charge in [-0.1, -0.05) is 61.8 Å². The molecule has 1 aliphatic heterocycles. The predicted octanol–water partition coefficient (Wildman–Crippen LogP) is 3.69. The standard InChI is InChI=1S/C18H20BClO3/c1-18(2)12-22-19(23-13-18)15-8-9-17(16(20)10-15)21-11-14-6-4-3-5-7-14/h3-10H,11-13H2,1-2H3. The summed E-state index contributed by atoms with van der Waals surface area (Å²) in [7, 11) is -0.358. The Labute approximate surface area is 142 Å². The van der Waals surface area contributed by atoms with E-state index in [2.05, 4.69) is 13.8 Å². The van der Waals surface area contributed by atoms with E-state index in [0.29, 0.717) is 30.6 Å². The smallest absolute Gasteiger partial charge is 0.487 e. The van der Waals surface area contributed by atoms with Gasteiger partial charge in [-0.05, 0) is 23.2 Å². The van der Waals surface area contributed by atoms with Crippen molar-refractivity contribution in [1.29, 1.82) is 0 Å². The van der Waals surface area contributed by atoms with E-state index in [9.17, 15) is 0 Å². The summed E-state index contributed by atoms with van der Waals surface area (Å²) in [5, 5.41) is 0.565. The van der Waals surface area contributed by atoms with Crippen LogP contribution in [-0.4, -0.2) is 20.3 Å². The minimum absolute atomic E-state index is 0.0546. The van der Waals surface area contributed by atoms with Gasteiger partial charge >= 0.3 is 7.12 Å². The summed E-state index contributed by atoms with van der Waals surface area (Å²) in [6.07, 6.45) is 0. The summed E-state index contributed by atoms with van der Waals surface area (Å²) in [5.74, 6) is 0.662. The van der Waals surface area contributed by atoms with Crippen molar-refractivity contribution in [3.8, 4) is 5.75 Å². The number of halogens is 1. The van der Waals surface area contributed by atoms with Crippen molar-refractivity contribution in [2.45, 2.75) is 20.5 Å². The van der Waals surface area contributed by atoms with Crippen LogP contribution in [0.3, 0.4) is 0 Å². The van der Waals surface area contributed by atoms with Crippen molar-refractivity contribution in [3.05, 3.63) is 59.1 Å². The highest BCUT2D eigenvalue weighted by atomic mass is 35.5. The number of ether oxygens (including phenoxy) is 1. The number of hydrogen-bond acceptors (Lipinski definition) is 3. The van der Waals surface area contributed by atoms with Gasteiger partial charge in [0.25, 0.3) is 0 Å². The fraction of sp³-hybridized carbons (Fsp3) is 0.333. The first kappa shape index (κ1) is 16.4. The predicted molar refractivity (Wildman–Crippen MR) is 93.3 cm³/mol. The van der Waals surface area contributed by atoms with Gasteiger partial charge in [0.1, 0.15) is 12.4 Å². The molecule has 23 heavy (non-hydrogen) atoms. The van der Waals surface area contributed by atoms with Crippen molar-refractivity contribution in [3.63, 3.8) is 0 Å². The van der Waals surface area contributed by atoms with Gasteiger partial charge in [0, 0.05) is 18.6 Å². The summed E-state index contributed by atoms with van der Waals surface area (Å²) >= 11 is 6.33. The van der Waals surface area contributed by atoms with Crippen LogP contribution in [0.25, 0.3) is 0 Å². The van der Waals surface area contributed by atoms with Crippen LogP contribution in [0.5, 0.6) is 5.75 Å². The molecule has 2 aromatic carbocycles. The Morgan fingerprint density at radius 1 is 1.09 bits per heavy atom. The second kappa shape index (κ2) is 6.96. The average molecular weight is 331 g/mol. The molecule has 2 aromatic rings. The summed E-state index contributed by atoms with van der Waals surface area (Å²) < 4.78 is 17.3. The zero-order valence-electron chi connectivity index (χ0n) is 13.4. The molecule has 0 spiro atoms. The normalized spacial score (nSPS) is 17.1. The fourth-order valence-corrected chi connectivity index (χ4v) is 2.64. The Morgan fingerprint density at radius 2 is 1.78 bits per heavy atom. The molecule has 1 aliphatic rings. The molecule has 0 amide bonds. The summed E-state index contributed by atoms with van der Waals surface area (Å²) in [4.78, 5) is 0. The van der Waals surface area contributed by atoms with Crippen molar-refractivity contribution in [2.24, 2.45) is 5.41 Å². The lowest BCUT2D eigenvalue weighted by molar-refractivity contribution is 0.0343. The maximum Gasteiger partial charge on any atom is 0.493 e.